The van der Waals surface area contributed by atoms with E-state index in [1.54, 1.807) is 0 Å². The van der Waals surface area contributed by atoms with E-state index >= 15 is 0 Å². The Balaban J connectivity index is 4.83. The van der Waals surface area contributed by atoms with Crippen LogP contribution in [0.4, 0.5) is 4.79 Å². The Bertz CT molecular complexity index is 330. The highest BCUT2D eigenvalue weighted by molar-refractivity contribution is 5.85. The average molecular weight is 259 g/mol. The van der Waals surface area contributed by atoms with E-state index in [0.717, 1.165) is 4.90 Å². The van der Waals surface area contributed by atoms with Gasteiger partial charge in [0.1, 0.15) is 12.6 Å². The van der Waals surface area contributed by atoms with Crippen molar-refractivity contribution >= 4 is 17.9 Å². The number of likely N-dealkylation sites (N-methyl/N-ethyl adjacent to an activating group) is 1. The van der Waals surface area contributed by atoms with Crippen molar-refractivity contribution in [2.45, 2.75) is 26.8 Å². The van der Waals surface area contributed by atoms with Gasteiger partial charge in [-0.25, -0.2) is 9.59 Å². The predicted octanol–water partition coefficient (Wildman–Crippen LogP) is -0.0454. The molecule has 0 aromatic carbocycles. The minimum Gasteiger partial charge on any atom is -0.480 e. The van der Waals surface area contributed by atoms with Crippen molar-refractivity contribution in [2.75, 3.05) is 20.1 Å². The van der Waals surface area contributed by atoms with E-state index in [9.17, 15) is 14.4 Å². The summed E-state index contributed by atoms with van der Waals surface area (Å²) in [5.74, 6) is -1.57. The third-order valence-corrected chi connectivity index (χ3v) is 2.44. The zero-order chi connectivity index (χ0) is 14.5. The Hall–Kier alpha value is -1.79. The molecular weight excluding hydrogens is 238 g/mol. The van der Waals surface area contributed by atoms with Crippen molar-refractivity contribution in [3.63, 3.8) is 0 Å². The minimum absolute atomic E-state index is 0.154. The molecule has 0 fully saturated rings. The van der Waals surface area contributed by atoms with Crippen molar-refractivity contribution in [1.82, 2.24) is 9.80 Å². The number of nitrogens with zero attached hydrogens (tertiary/aromatic N) is 2. The van der Waals surface area contributed by atoms with Crippen LogP contribution in [0.2, 0.25) is 0 Å². The van der Waals surface area contributed by atoms with E-state index in [1.807, 2.05) is 13.8 Å². The molecule has 0 aliphatic carbocycles. The van der Waals surface area contributed by atoms with Crippen molar-refractivity contribution in [1.29, 1.82) is 0 Å². The zero-order valence-electron chi connectivity index (χ0n) is 11.2. The molecule has 0 bridgehead atoms. The predicted molar refractivity (Wildman–Crippen MR) is 65.9 cm³/mol. The molecule has 3 amide bonds. The smallest absolute Gasteiger partial charge is 0.326 e. The monoisotopic (exact) mass is 259 g/mol. The lowest BCUT2D eigenvalue weighted by Gasteiger charge is -2.30. The molecular formula is C11H21N3O4. The van der Waals surface area contributed by atoms with Crippen molar-refractivity contribution < 1.29 is 19.5 Å². The first kappa shape index (κ1) is 16.2. The standard InChI is InChI=1S/C11H21N3O4/c1-7(2)5-14(6-9(12)15)11(18)13(4)8(3)10(16)17/h7-8H,5-6H2,1-4H3,(H2,12,15)(H,16,17). The van der Waals surface area contributed by atoms with Crippen LogP contribution in [0.3, 0.4) is 0 Å². The number of hydrogen-bond acceptors (Lipinski definition) is 3. The molecule has 7 heteroatoms. The molecule has 0 aliphatic heterocycles. The fraction of sp³-hybridized carbons (Fsp3) is 0.727. The number of carbonyl (C=O) groups is 3. The Labute approximate surface area is 107 Å². The molecule has 0 aromatic heterocycles. The van der Waals surface area contributed by atoms with E-state index in [4.69, 9.17) is 10.8 Å². The number of primary amides is 1. The number of carboxylic acid groups (broad SMARTS) is 1. The SMILES string of the molecule is CC(C)CN(CC(N)=O)C(=O)N(C)C(C)C(=O)O. The number of amides is 3. The number of nitrogens with two attached hydrogens (primary N) is 1. The first-order chi connectivity index (χ1) is 8.16. The number of urea groups is 1. The maximum absolute atomic E-state index is 12.0. The number of hydrogen-bond donors (Lipinski definition) is 2. The summed E-state index contributed by atoms with van der Waals surface area (Å²) in [5.41, 5.74) is 5.08. The van der Waals surface area contributed by atoms with E-state index < -0.39 is 23.9 Å². The highest BCUT2D eigenvalue weighted by Crippen LogP contribution is 2.06. The van der Waals surface area contributed by atoms with Crippen LogP contribution in [0.25, 0.3) is 0 Å². The van der Waals surface area contributed by atoms with Crippen LogP contribution in [0.1, 0.15) is 20.8 Å². The second-order valence-corrected chi connectivity index (χ2v) is 4.65. The maximum Gasteiger partial charge on any atom is 0.326 e. The lowest BCUT2D eigenvalue weighted by molar-refractivity contribution is -0.141. The van der Waals surface area contributed by atoms with Crippen LogP contribution in [0.5, 0.6) is 0 Å². The van der Waals surface area contributed by atoms with Gasteiger partial charge >= 0.3 is 12.0 Å². The minimum atomic E-state index is -1.10. The van der Waals surface area contributed by atoms with E-state index in [2.05, 4.69) is 0 Å². The highest BCUT2D eigenvalue weighted by atomic mass is 16.4. The molecule has 7 nitrogen and oxygen atoms in total. The number of carboxylic acids is 1. The first-order valence-electron chi connectivity index (χ1n) is 5.69. The van der Waals surface area contributed by atoms with Crippen molar-refractivity contribution in [3.05, 3.63) is 0 Å². The molecule has 0 radical (unpaired) electrons. The fourth-order valence-electron chi connectivity index (χ4n) is 1.39. The third-order valence-electron chi connectivity index (χ3n) is 2.44. The molecule has 104 valence electrons. The molecule has 0 saturated heterocycles. The Morgan fingerprint density at radius 3 is 2.06 bits per heavy atom. The first-order valence-corrected chi connectivity index (χ1v) is 5.69. The molecule has 18 heavy (non-hydrogen) atoms. The lowest BCUT2D eigenvalue weighted by Crippen LogP contribution is -2.50. The third kappa shape index (κ3) is 5.03. The number of aliphatic carboxylic acids is 1. The molecule has 3 N–H and O–H groups in total. The van der Waals surface area contributed by atoms with Gasteiger partial charge in [-0.1, -0.05) is 13.8 Å². The molecule has 0 rings (SSSR count). The van der Waals surface area contributed by atoms with Gasteiger partial charge in [0.05, 0.1) is 0 Å². The van der Waals surface area contributed by atoms with Gasteiger partial charge < -0.3 is 20.6 Å². The molecule has 0 heterocycles. The second-order valence-electron chi connectivity index (χ2n) is 4.65. The summed E-state index contributed by atoms with van der Waals surface area (Å²) in [7, 11) is 1.38. The zero-order valence-corrected chi connectivity index (χ0v) is 11.2. The molecule has 0 aliphatic rings. The fourth-order valence-corrected chi connectivity index (χ4v) is 1.39. The topological polar surface area (TPSA) is 104 Å². The van der Waals surface area contributed by atoms with Gasteiger partial charge in [0.25, 0.3) is 0 Å². The molecule has 1 atom stereocenters. The van der Waals surface area contributed by atoms with Gasteiger partial charge in [0, 0.05) is 13.6 Å². The van der Waals surface area contributed by atoms with Gasteiger partial charge in [0.2, 0.25) is 5.91 Å². The van der Waals surface area contributed by atoms with Gasteiger partial charge in [-0.05, 0) is 12.8 Å². The molecule has 0 aromatic rings. The lowest BCUT2D eigenvalue weighted by atomic mass is 10.2. The summed E-state index contributed by atoms with van der Waals surface area (Å²) < 4.78 is 0. The van der Waals surface area contributed by atoms with Crippen molar-refractivity contribution in [3.8, 4) is 0 Å². The summed E-state index contributed by atoms with van der Waals surface area (Å²) in [5, 5.41) is 8.84. The van der Waals surface area contributed by atoms with Gasteiger partial charge in [-0.2, -0.15) is 0 Å². The Morgan fingerprint density at radius 1 is 1.22 bits per heavy atom. The summed E-state index contributed by atoms with van der Waals surface area (Å²) >= 11 is 0. The second kappa shape index (κ2) is 6.83. The van der Waals surface area contributed by atoms with Gasteiger partial charge in [0.15, 0.2) is 0 Å². The summed E-state index contributed by atoms with van der Waals surface area (Å²) in [6.45, 7) is 5.31. The highest BCUT2D eigenvalue weighted by Gasteiger charge is 2.27. The number of rotatable bonds is 6. The molecule has 1 unspecified atom stereocenters. The summed E-state index contributed by atoms with van der Waals surface area (Å²) in [6.07, 6.45) is 0. The van der Waals surface area contributed by atoms with Crippen LogP contribution >= 0.6 is 0 Å². The van der Waals surface area contributed by atoms with Gasteiger partial charge in [-0.3, -0.25) is 4.79 Å². The summed E-state index contributed by atoms with van der Waals surface area (Å²) in [4.78, 5) is 36.1. The van der Waals surface area contributed by atoms with Gasteiger partial charge in [-0.15, -0.1) is 0 Å². The van der Waals surface area contributed by atoms with Crippen LogP contribution in [-0.4, -0.2) is 59.0 Å². The van der Waals surface area contributed by atoms with E-state index in [1.165, 1.54) is 18.9 Å². The Kier molecular flexibility index (Phi) is 6.15. The quantitative estimate of drug-likeness (QED) is 0.698. The average Bonchev–Trinajstić information content (AvgIpc) is 2.23. The van der Waals surface area contributed by atoms with Crippen molar-refractivity contribution in [2.24, 2.45) is 11.7 Å². The molecule has 0 saturated carbocycles. The van der Waals surface area contributed by atoms with E-state index in [0.29, 0.717) is 6.54 Å². The van der Waals surface area contributed by atoms with Crippen LogP contribution in [0, 0.1) is 5.92 Å². The van der Waals surface area contributed by atoms with Crippen LogP contribution in [-0.2, 0) is 9.59 Å². The largest absolute Gasteiger partial charge is 0.480 e. The normalized spacial score (nSPS) is 12.1. The van der Waals surface area contributed by atoms with Crippen LogP contribution < -0.4 is 5.73 Å². The summed E-state index contributed by atoms with van der Waals surface area (Å²) in [6, 6.07) is -1.47. The van der Waals surface area contributed by atoms with E-state index in [-0.39, 0.29) is 12.5 Å². The van der Waals surface area contributed by atoms with Crippen LogP contribution in [0.15, 0.2) is 0 Å². The number of carbonyl (C=O) groups excluding carboxylic acids is 2. The molecule has 0 spiro atoms. The maximum atomic E-state index is 12.0. The Morgan fingerprint density at radius 2 is 1.72 bits per heavy atom.